The van der Waals surface area contributed by atoms with Gasteiger partial charge in [0.25, 0.3) is 5.56 Å². The van der Waals surface area contributed by atoms with Crippen LogP contribution in [0.4, 0.5) is 0 Å². The Morgan fingerprint density at radius 2 is 1.58 bits per heavy atom. The van der Waals surface area contributed by atoms with Gasteiger partial charge < -0.3 is 24.4 Å². The molecule has 164 valence electrons. The van der Waals surface area contributed by atoms with E-state index in [2.05, 4.69) is 5.43 Å². The number of fused-ring (bicyclic) bond motifs is 1. The van der Waals surface area contributed by atoms with Gasteiger partial charge in [-0.2, -0.15) is 0 Å². The van der Waals surface area contributed by atoms with Gasteiger partial charge in [0.1, 0.15) is 0 Å². The van der Waals surface area contributed by atoms with Crippen molar-refractivity contribution in [3.63, 3.8) is 0 Å². The van der Waals surface area contributed by atoms with E-state index in [9.17, 15) is 9.59 Å². The maximum absolute atomic E-state index is 13.2. The van der Waals surface area contributed by atoms with E-state index in [0.29, 0.717) is 45.7 Å². The van der Waals surface area contributed by atoms with Crippen molar-refractivity contribution in [1.29, 1.82) is 0 Å². The molecule has 0 spiro atoms. The van der Waals surface area contributed by atoms with Gasteiger partial charge >= 0.3 is 5.97 Å². The van der Waals surface area contributed by atoms with Gasteiger partial charge in [-0.15, -0.1) is 0 Å². The third-order valence-corrected chi connectivity index (χ3v) is 4.94. The molecule has 8 heteroatoms. The number of nitrogens with zero attached hydrogens (tertiary/aromatic N) is 1. The predicted octanol–water partition coefficient (Wildman–Crippen LogP) is 3.43. The van der Waals surface area contributed by atoms with E-state index in [1.165, 1.54) is 33.1 Å². The molecule has 31 heavy (non-hydrogen) atoms. The lowest BCUT2D eigenvalue weighted by Crippen LogP contribution is -2.35. The standard InChI is InChI=1S/C23H26N2O6/c1-6-11-24-25-20(23(27)31-5)19(15-9-7-8-10-16(15)22(25)26)14-12-17(28-2)21(30-4)18(13-14)29-3/h7-10,12-13,24H,6,11H2,1-5H3. The fourth-order valence-electron chi connectivity index (χ4n) is 3.53. The molecular formula is C23H26N2O6. The molecule has 1 N–H and O–H groups in total. The predicted molar refractivity (Wildman–Crippen MR) is 119 cm³/mol. The summed E-state index contributed by atoms with van der Waals surface area (Å²) < 4.78 is 22.7. The minimum Gasteiger partial charge on any atom is -0.493 e. The first kappa shape index (κ1) is 22.0. The summed E-state index contributed by atoms with van der Waals surface area (Å²) >= 11 is 0. The van der Waals surface area contributed by atoms with Crippen molar-refractivity contribution in [2.24, 2.45) is 0 Å². The second-order valence-electron chi connectivity index (χ2n) is 6.72. The van der Waals surface area contributed by atoms with E-state index in [-0.39, 0.29) is 11.3 Å². The molecule has 8 nitrogen and oxygen atoms in total. The van der Waals surface area contributed by atoms with Crippen LogP contribution in [0.5, 0.6) is 17.2 Å². The molecule has 0 amide bonds. The lowest BCUT2D eigenvalue weighted by atomic mass is 9.96. The lowest BCUT2D eigenvalue weighted by Gasteiger charge is -2.21. The Bertz CT molecular complexity index is 1140. The van der Waals surface area contributed by atoms with Crippen LogP contribution in [0.25, 0.3) is 21.9 Å². The van der Waals surface area contributed by atoms with Crippen LogP contribution in [0, 0.1) is 0 Å². The zero-order chi connectivity index (χ0) is 22.5. The molecule has 0 radical (unpaired) electrons. The SMILES string of the molecule is CCCNn1c(C(=O)OC)c(-c2cc(OC)c(OC)c(OC)c2)c2ccccc2c1=O. The van der Waals surface area contributed by atoms with Gasteiger partial charge in [-0.1, -0.05) is 25.1 Å². The van der Waals surface area contributed by atoms with E-state index < -0.39 is 5.97 Å². The molecule has 2 aromatic carbocycles. The quantitative estimate of drug-likeness (QED) is 0.552. The van der Waals surface area contributed by atoms with Crippen molar-refractivity contribution >= 4 is 16.7 Å². The van der Waals surface area contributed by atoms with E-state index >= 15 is 0 Å². The molecule has 0 atom stereocenters. The third-order valence-electron chi connectivity index (χ3n) is 4.94. The number of benzene rings is 2. The summed E-state index contributed by atoms with van der Waals surface area (Å²) in [6, 6.07) is 10.6. The van der Waals surface area contributed by atoms with E-state index in [1.54, 1.807) is 30.3 Å². The van der Waals surface area contributed by atoms with Gasteiger partial charge in [0.15, 0.2) is 17.2 Å². The number of aromatic nitrogens is 1. The van der Waals surface area contributed by atoms with Gasteiger partial charge in [0.2, 0.25) is 5.75 Å². The van der Waals surface area contributed by atoms with E-state index in [0.717, 1.165) is 6.42 Å². The Balaban J connectivity index is 2.51. The molecule has 0 aliphatic heterocycles. The second-order valence-corrected chi connectivity index (χ2v) is 6.72. The first-order valence-electron chi connectivity index (χ1n) is 9.82. The van der Waals surface area contributed by atoms with Crippen LogP contribution in [0.15, 0.2) is 41.2 Å². The molecule has 3 aromatic rings. The number of ether oxygens (including phenoxy) is 4. The zero-order valence-corrected chi connectivity index (χ0v) is 18.3. The minimum absolute atomic E-state index is 0.0916. The summed E-state index contributed by atoms with van der Waals surface area (Å²) in [5, 5.41) is 1.07. The van der Waals surface area contributed by atoms with Crippen LogP contribution >= 0.6 is 0 Å². The number of methoxy groups -OCH3 is 4. The summed E-state index contributed by atoms with van der Waals surface area (Å²) in [5.41, 5.74) is 3.93. The van der Waals surface area contributed by atoms with Gasteiger partial charge in [0, 0.05) is 17.5 Å². The molecule has 3 rings (SSSR count). The molecule has 1 heterocycles. The van der Waals surface area contributed by atoms with Gasteiger partial charge in [0.05, 0.1) is 28.4 Å². The number of carbonyl (C=O) groups is 1. The second kappa shape index (κ2) is 9.42. The van der Waals surface area contributed by atoms with Crippen molar-refractivity contribution in [2.45, 2.75) is 13.3 Å². The van der Waals surface area contributed by atoms with Crippen LogP contribution in [0.3, 0.4) is 0 Å². The van der Waals surface area contributed by atoms with Crippen LogP contribution < -0.4 is 25.2 Å². The van der Waals surface area contributed by atoms with Crippen molar-refractivity contribution in [2.75, 3.05) is 40.4 Å². The van der Waals surface area contributed by atoms with E-state index in [1.807, 2.05) is 13.0 Å². The van der Waals surface area contributed by atoms with Crippen LogP contribution in [0.1, 0.15) is 23.8 Å². The molecule has 0 bridgehead atoms. The zero-order valence-electron chi connectivity index (χ0n) is 18.3. The van der Waals surface area contributed by atoms with Crippen LogP contribution in [-0.4, -0.2) is 45.6 Å². The summed E-state index contributed by atoms with van der Waals surface area (Å²) in [6.07, 6.45) is 0.763. The number of nitrogens with one attached hydrogen (secondary N) is 1. The highest BCUT2D eigenvalue weighted by Gasteiger charge is 2.26. The monoisotopic (exact) mass is 426 g/mol. The Labute approximate surface area is 180 Å². The van der Waals surface area contributed by atoms with Gasteiger partial charge in [-0.25, -0.2) is 9.47 Å². The van der Waals surface area contributed by atoms with Crippen molar-refractivity contribution in [1.82, 2.24) is 4.68 Å². The molecule has 0 aliphatic rings. The molecule has 1 aromatic heterocycles. The molecular weight excluding hydrogens is 400 g/mol. The van der Waals surface area contributed by atoms with Gasteiger partial charge in [-0.05, 0) is 35.6 Å². The Hall–Kier alpha value is -3.68. The number of carbonyl (C=O) groups excluding carboxylic acids is 1. The summed E-state index contributed by atoms with van der Waals surface area (Å²) in [7, 11) is 5.84. The highest BCUT2D eigenvalue weighted by molar-refractivity contribution is 6.07. The highest BCUT2D eigenvalue weighted by Crippen LogP contribution is 2.43. The summed E-state index contributed by atoms with van der Waals surface area (Å²) in [5.74, 6) is 0.636. The van der Waals surface area contributed by atoms with Crippen LogP contribution in [-0.2, 0) is 4.74 Å². The largest absolute Gasteiger partial charge is 0.493 e. The third kappa shape index (κ3) is 3.88. The molecule has 0 unspecified atom stereocenters. The lowest BCUT2D eigenvalue weighted by molar-refractivity contribution is 0.0590. The first-order chi connectivity index (χ1) is 15.0. The fourth-order valence-corrected chi connectivity index (χ4v) is 3.53. The molecule has 0 saturated carbocycles. The number of hydrogen-bond donors (Lipinski definition) is 1. The number of esters is 1. The van der Waals surface area contributed by atoms with Crippen molar-refractivity contribution < 1.29 is 23.7 Å². The molecule has 0 fully saturated rings. The highest BCUT2D eigenvalue weighted by atomic mass is 16.5. The molecule has 0 saturated heterocycles. The Kier molecular flexibility index (Phi) is 6.69. The number of pyridine rings is 1. The normalized spacial score (nSPS) is 10.6. The molecule has 0 aliphatic carbocycles. The van der Waals surface area contributed by atoms with Crippen LogP contribution in [0.2, 0.25) is 0 Å². The van der Waals surface area contributed by atoms with Gasteiger partial charge in [-0.3, -0.25) is 4.79 Å². The number of hydrogen-bond acceptors (Lipinski definition) is 7. The maximum atomic E-state index is 13.2. The Morgan fingerprint density at radius 1 is 0.968 bits per heavy atom. The van der Waals surface area contributed by atoms with E-state index in [4.69, 9.17) is 18.9 Å². The number of rotatable bonds is 8. The Morgan fingerprint density at radius 3 is 2.10 bits per heavy atom. The minimum atomic E-state index is -0.643. The van der Waals surface area contributed by atoms with Crippen molar-refractivity contribution in [3.8, 4) is 28.4 Å². The average Bonchev–Trinajstić information content (AvgIpc) is 2.81. The van der Waals surface area contributed by atoms with Crippen molar-refractivity contribution in [3.05, 3.63) is 52.4 Å². The summed E-state index contributed by atoms with van der Waals surface area (Å²) in [6.45, 7) is 2.47. The summed E-state index contributed by atoms with van der Waals surface area (Å²) in [4.78, 5) is 26.1. The fraction of sp³-hybridized carbons (Fsp3) is 0.304. The first-order valence-corrected chi connectivity index (χ1v) is 9.82. The average molecular weight is 426 g/mol. The maximum Gasteiger partial charge on any atom is 0.357 e. The topological polar surface area (TPSA) is 88.0 Å². The smallest absolute Gasteiger partial charge is 0.357 e.